The lowest BCUT2D eigenvalue weighted by Gasteiger charge is -2.24. The molecule has 2 aliphatic heterocycles. The summed E-state index contributed by atoms with van der Waals surface area (Å²) in [4.78, 5) is 18.7. The molecule has 3 aliphatic rings. The molecule has 4 rings (SSSR count). The van der Waals surface area contributed by atoms with Crippen LogP contribution in [-0.4, -0.2) is 47.2 Å². The normalized spacial score (nSPS) is 29.8. The summed E-state index contributed by atoms with van der Waals surface area (Å²) < 4.78 is 12.1. The SMILES string of the molecule is O=C(CC1CCCC1)N1CCC2(CC(OCc3cccnc3)CO2)C1. The molecule has 2 unspecified atom stereocenters. The molecule has 1 aromatic heterocycles. The van der Waals surface area contributed by atoms with Gasteiger partial charge in [-0.3, -0.25) is 9.78 Å². The van der Waals surface area contributed by atoms with Crippen molar-refractivity contribution in [3.05, 3.63) is 30.1 Å². The van der Waals surface area contributed by atoms with Crippen LogP contribution >= 0.6 is 0 Å². The van der Waals surface area contributed by atoms with Crippen molar-refractivity contribution in [2.75, 3.05) is 19.7 Å². The molecule has 1 amide bonds. The molecule has 1 spiro atoms. The summed E-state index contributed by atoms with van der Waals surface area (Å²) in [6, 6.07) is 3.95. The molecule has 0 radical (unpaired) electrons. The van der Waals surface area contributed by atoms with Gasteiger partial charge in [-0.25, -0.2) is 0 Å². The average Bonchev–Trinajstić information content (AvgIpc) is 3.37. The highest BCUT2D eigenvalue weighted by atomic mass is 16.6. The Bertz CT molecular complexity index is 588. The monoisotopic (exact) mass is 344 g/mol. The van der Waals surface area contributed by atoms with Crippen molar-refractivity contribution in [1.82, 2.24) is 9.88 Å². The zero-order valence-electron chi connectivity index (χ0n) is 14.9. The van der Waals surface area contributed by atoms with Gasteiger partial charge in [0.25, 0.3) is 0 Å². The predicted octanol–water partition coefficient (Wildman–Crippen LogP) is 2.94. The number of rotatable bonds is 5. The Hall–Kier alpha value is -1.46. The van der Waals surface area contributed by atoms with Crippen molar-refractivity contribution in [2.45, 2.75) is 63.3 Å². The van der Waals surface area contributed by atoms with Gasteiger partial charge in [-0.1, -0.05) is 18.9 Å². The van der Waals surface area contributed by atoms with Crippen LogP contribution in [0.4, 0.5) is 0 Å². The summed E-state index contributed by atoms with van der Waals surface area (Å²) in [5.41, 5.74) is 0.911. The first-order valence-electron chi connectivity index (χ1n) is 9.65. The largest absolute Gasteiger partial charge is 0.371 e. The van der Waals surface area contributed by atoms with E-state index in [4.69, 9.17) is 9.47 Å². The Morgan fingerprint density at radius 2 is 2.28 bits per heavy atom. The predicted molar refractivity (Wildman–Crippen MR) is 93.9 cm³/mol. The van der Waals surface area contributed by atoms with Crippen molar-refractivity contribution in [3.8, 4) is 0 Å². The molecule has 3 heterocycles. The third kappa shape index (κ3) is 4.04. The van der Waals surface area contributed by atoms with Gasteiger partial charge < -0.3 is 14.4 Å². The van der Waals surface area contributed by atoms with Gasteiger partial charge in [-0.05, 0) is 36.8 Å². The molecule has 0 N–H and O–H groups in total. The summed E-state index contributed by atoms with van der Waals surface area (Å²) in [5.74, 6) is 0.941. The van der Waals surface area contributed by atoms with Crippen molar-refractivity contribution in [1.29, 1.82) is 0 Å². The Balaban J connectivity index is 1.25. The Morgan fingerprint density at radius 1 is 1.40 bits per heavy atom. The number of pyridine rings is 1. The molecule has 1 aliphatic carbocycles. The molecule has 25 heavy (non-hydrogen) atoms. The number of carbonyl (C=O) groups excluding carboxylic acids is 1. The van der Waals surface area contributed by atoms with E-state index >= 15 is 0 Å². The molecule has 136 valence electrons. The van der Waals surface area contributed by atoms with E-state index in [2.05, 4.69) is 4.98 Å². The van der Waals surface area contributed by atoms with Crippen LogP contribution in [0.1, 0.15) is 50.5 Å². The molecule has 2 atom stereocenters. The van der Waals surface area contributed by atoms with E-state index in [-0.39, 0.29) is 11.7 Å². The lowest BCUT2D eigenvalue weighted by molar-refractivity contribution is -0.132. The summed E-state index contributed by atoms with van der Waals surface area (Å²) in [6.07, 6.45) is 11.3. The molecule has 0 aromatic carbocycles. The van der Waals surface area contributed by atoms with Crippen molar-refractivity contribution >= 4 is 5.91 Å². The zero-order valence-corrected chi connectivity index (χ0v) is 14.9. The quantitative estimate of drug-likeness (QED) is 0.824. The number of ether oxygens (including phenoxy) is 2. The first kappa shape index (κ1) is 17.0. The van der Waals surface area contributed by atoms with Crippen LogP contribution < -0.4 is 0 Å². The van der Waals surface area contributed by atoms with Crippen LogP contribution in [0.5, 0.6) is 0 Å². The minimum atomic E-state index is -0.176. The molecule has 1 saturated carbocycles. The van der Waals surface area contributed by atoms with E-state index in [1.807, 2.05) is 23.2 Å². The van der Waals surface area contributed by atoms with Gasteiger partial charge in [0.05, 0.1) is 24.9 Å². The van der Waals surface area contributed by atoms with E-state index in [1.54, 1.807) is 6.20 Å². The smallest absolute Gasteiger partial charge is 0.222 e. The number of hydrogen-bond acceptors (Lipinski definition) is 4. The molecule has 0 bridgehead atoms. The first-order chi connectivity index (χ1) is 12.2. The van der Waals surface area contributed by atoms with Crippen LogP contribution in [0.2, 0.25) is 0 Å². The lowest BCUT2D eigenvalue weighted by atomic mass is 9.98. The topological polar surface area (TPSA) is 51.7 Å². The van der Waals surface area contributed by atoms with E-state index in [0.29, 0.717) is 25.0 Å². The average molecular weight is 344 g/mol. The second kappa shape index (κ2) is 7.42. The molecule has 2 saturated heterocycles. The summed E-state index contributed by atoms with van der Waals surface area (Å²) in [7, 11) is 0. The van der Waals surface area contributed by atoms with Crippen LogP contribution in [0.25, 0.3) is 0 Å². The molecule has 3 fully saturated rings. The fourth-order valence-corrected chi connectivity index (χ4v) is 4.54. The highest BCUT2D eigenvalue weighted by Gasteiger charge is 2.47. The molecular formula is C20H28N2O3. The summed E-state index contributed by atoms with van der Waals surface area (Å²) >= 11 is 0. The maximum absolute atomic E-state index is 12.6. The van der Waals surface area contributed by atoms with Gasteiger partial charge >= 0.3 is 0 Å². The minimum Gasteiger partial charge on any atom is -0.371 e. The number of likely N-dealkylation sites (tertiary alicyclic amines) is 1. The van der Waals surface area contributed by atoms with Crippen LogP contribution in [0.15, 0.2) is 24.5 Å². The number of carbonyl (C=O) groups is 1. The number of aromatic nitrogens is 1. The second-order valence-corrected chi connectivity index (χ2v) is 7.91. The highest BCUT2D eigenvalue weighted by Crippen LogP contribution is 2.37. The first-order valence-corrected chi connectivity index (χ1v) is 9.65. The number of amides is 1. The molecule has 5 nitrogen and oxygen atoms in total. The maximum atomic E-state index is 12.6. The van der Waals surface area contributed by atoms with Gasteiger partial charge in [0.2, 0.25) is 5.91 Å². The third-order valence-electron chi connectivity index (χ3n) is 5.99. The van der Waals surface area contributed by atoms with E-state index < -0.39 is 0 Å². The van der Waals surface area contributed by atoms with Gasteiger partial charge in [-0.2, -0.15) is 0 Å². The minimum absolute atomic E-state index is 0.116. The van der Waals surface area contributed by atoms with Crippen LogP contribution in [0.3, 0.4) is 0 Å². The summed E-state index contributed by atoms with van der Waals surface area (Å²) in [6.45, 7) is 2.78. The van der Waals surface area contributed by atoms with Gasteiger partial charge in [0.15, 0.2) is 0 Å². The van der Waals surface area contributed by atoms with Crippen LogP contribution in [-0.2, 0) is 20.9 Å². The maximum Gasteiger partial charge on any atom is 0.222 e. The Labute approximate surface area is 149 Å². The second-order valence-electron chi connectivity index (χ2n) is 7.91. The zero-order chi connectivity index (χ0) is 17.1. The van der Waals surface area contributed by atoms with Crippen LogP contribution in [0, 0.1) is 5.92 Å². The van der Waals surface area contributed by atoms with Crippen molar-refractivity contribution < 1.29 is 14.3 Å². The lowest BCUT2D eigenvalue weighted by Crippen LogP contribution is -2.36. The molecule has 5 heteroatoms. The third-order valence-corrected chi connectivity index (χ3v) is 5.99. The molecular weight excluding hydrogens is 316 g/mol. The van der Waals surface area contributed by atoms with E-state index in [0.717, 1.165) is 37.9 Å². The molecule has 1 aromatic rings. The van der Waals surface area contributed by atoms with Gasteiger partial charge in [0, 0.05) is 38.3 Å². The van der Waals surface area contributed by atoms with Crippen molar-refractivity contribution in [3.63, 3.8) is 0 Å². The number of hydrogen-bond donors (Lipinski definition) is 0. The van der Waals surface area contributed by atoms with Crippen molar-refractivity contribution in [2.24, 2.45) is 5.92 Å². The number of nitrogens with zero attached hydrogens (tertiary/aromatic N) is 2. The Morgan fingerprint density at radius 3 is 3.08 bits per heavy atom. The van der Waals surface area contributed by atoms with Gasteiger partial charge in [-0.15, -0.1) is 0 Å². The Kier molecular flexibility index (Phi) is 5.04. The fraction of sp³-hybridized carbons (Fsp3) is 0.700. The standard InChI is InChI=1S/C20H28N2O3/c23-19(10-16-4-1-2-5-16)22-9-7-20(15-22)11-18(14-25-20)24-13-17-6-3-8-21-12-17/h3,6,8,12,16,18H,1-2,4-5,7,9-11,13-15H2. The van der Waals surface area contributed by atoms with Gasteiger partial charge in [0.1, 0.15) is 0 Å². The van der Waals surface area contributed by atoms with E-state index in [1.165, 1.54) is 25.7 Å². The highest BCUT2D eigenvalue weighted by molar-refractivity contribution is 5.77. The fourth-order valence-electron chi connectivity index (χ4n) is 4.54. The summed E-state index contributed by atoms with van der Waals surface area (Å²) in [5, 5.41) is 0. The van der Waals surface area contributed by atoms with E-state index in [9.17, 15) is 4.79 Å².